The second kappa shape index (κ2) is 5.61. The molecule has 21 heavy (non-hydrogen) atoms. The van der Waals surface area contributed by atoms with E-state index < -0.39 is 0 Å². The van der Waals surface area contributed by atoms with Gasteiger partial charge in [0.25, 0.3) is 0 Å². The number of aromatic nitrogens is 4. The number of aryl methyl sites for hydroxylation is 2. The Morgan fingerprint density at radius 1 is 1.33 bits per heavy atom. The van der Waals surface area contributed by atoms with E-state index in [-0.39, 0.29) is 12.5 Å². The summed E-state index contributed by atoms with van der Waals surface area (Å²) in [6.07, 6.45) is 0.818. The third-order valence-electron chi connectivity index (χ3n) is 3.16. The molecule has 1 aromatic carbocycles. The Balaban J connectivity index is 1.78. The predicted octanol–water partition coefficient (Wildman–Crippen LogP) is 2.40. The van der Waals surface area contributed by atoms with Crippen LogP contribution < -0.4 is 5.32 Å². The number of benzene rings is 1. The second-order valence-electron chi connectivity index (χ2n) is 4.64. The third-order valence-corrected chi connectivity index (χ3v) is 4.15. The molecule has 6 nitrogen and oxygen atoms in total. The SMILES string of the molecule is CCc1nnc(NC(=O)Cn2c(C)nc3ccccc32)s1. The zero-order chi connectivity index (χ0) is 14.8. The van der Waals surface area contributed by atoms with Crippen LogP contribution in [-0.2, 0) is 17.8 Å². The van der Waals surface area contributed by atoms with Crippen LogP contribution in [0.3, 0.4) is 0 Å². The highest BCUT2D eigenvalue weighted by Crippen LogP contribution is 2.17. The molecular formula is C14H15N5OS. The number of nitrogens with one attached hydrogen (secondary N) is 1. The van der Waals surface area contributed by atoms with Crippen molar-refractivity contribution < 1.29 is 4.79 Å². The first kappa shape index (κ1) is 13.7. The minimum absolute atomic E-state index is 0.125. The Morgan fingerprint density at radius 2 is 2.14 bits per heavy atom. The summed E-state index contributed by atoms with van der Waals surface area (Å²) in [5, 5.41) is 12.2. The van der Waals surface area contributed by atoms with Crippen LogP contribution >= 0.6 is 11.3 Å². The normalized spacial score (nSPS) is 11.0. The van der Waals surface area contributed by atoms with Gasteiger partial charge in [-0.2, -0.15) is 0 Å². The quantitative estimate of drug-likeness (QED) is 0.803. The summed E-state index contributed by atoms with van der Waals surface area (Å²) in [6.45, 7) is 4.12. The Bertz CT molecular complexity index is 792. The Kier molecular flexibility index (Phi) is 3.66. The van der Waals surface area contributed by atoms with E-state index >= 15 is 0 Å². The van der Waals surface area contributed by atoms with Gasteiger partial charge < -0.3 is 4.57 Å². The van der Waals surface area contributed by atoms with Gasteiger partial charge >= 0.3 is 0 Å². The lowest BCUT2D eigenvalue weighted by Gasteiger charge is -2.06. The zero-order valence-electron chi connectivity index (χ0n) is 11.8. The van der Waals surface area contributed by atoms with Gasteiger partial charge in [0.2, 0.25) is 11.0 Å². The van der Waals surface area contributed by atoms with Crippen molar-refractivity contribution >= 4 is 33.4 Å². The summed E-state index contributed by atoms with van der Waals surface area (Å²) in [5.74, 6) is 0.693. The highest BCUT2D eigenvalue weighted by atomic mass is 32.1. The van der Waals surface area contributed by atoms with Crippen LogP contribution in [0.4, 0.5) is 5.13 Å². The van der Waals surface area contributed by atoms with Crippen molar-refractivity contribution in [2.75, 3.05) is 5.32 Å². The molecule has 0 saturated carbocycles. The average Bonchev–Trinajstić information content (AvgIpc) is 3.04. The van der Waals surface area contributed by atoms with Gasteiger partial charge in [0.05, 0.1) is 11.0 Å². The molecule has 2 aromatic heterocycles. The maximum absolute atomic E-state index is 12.2. The summed E-state index contributed by atoms with van der Waals surface area (Å²) in [7, 11) is 0. The summed E-state index contributed by atoms with van der Waals surface area (Å²) < 4.78 is 1.90. The molecule has 3 rings (SSSR count). The fraction of sp³-hybridized carbons (Fsp3) is 0.286. The Hall–Kier alpha value is -2.28. The fourth-order valence-electron chi connectivity index (χ4n) is 2.14. The van der Waals surface area contributed by atoms with E-state index in [2.05, 4.69) is 20.5 Å². The van der Waals surface area contributed by atoms with Crippen LogP contribution in [0.15, 0.2) is 24.3 Å². The number of nitrogens with zero attached hydrogens (tertiary/aromatic N) is 4. The highest BCUT2D eigenvalue weighted by Gasteiger charge is 2.12. The minimum atomic E-state index is -0.125. The number of hydrogen-bond acceptors (Lipinski definition) is 5. The summed E-state index contributed by atoms with van der Waals surface area (Å²) >= 11 is 1.40. The van der Waals surface area contributed by atoms with E-state index in [1.54, 1.807) is 0 Å². The molecule has 7 heteroatoms. The van der Waals surface area contributed by atoms with Crippen LogP contribution in [0.25, 0.3) is 11.0 Å². The van der Waals surface area contributed by atoms with Gasteiger partial charge in [-0.3, -0.25) is 10.1 Å². The lowest BCUT2D eigenvalue weighted by atomic mass is 10.3. The molecule has 0 aliphatic heterocycles. The van der Waals surface area contributed by atoms with Crippen molar-refractivity contribution in [2.24, 2.45) is 0 Å². The van der Waals surface area contributed by atoms with Gasteiger partial charge in [-0.05, 0) is 25.5 Å². The minimum Gasteiger partial charge on any atom is -0.319 e. The summed E-state index contributed by atoms with van der Waals surface area (Å²) in [6, 6.07) is 7.78. The molecule has 1 amide bonds. The van der Waals surface area contributed by atoms with Gasteiger partial charge in [0.1, 0.15) is 17.4 Å². The van der Waals surface area contributed by atoms with Crippen molar-refractivity contribution in [1.29, 1.82) is 0 Å². The number of para-hydroxylation sites is 2. The predicted molar refractivity (Wildman–Crippen MR) is 82.4 cm³/mol. The van der Waals surface area contributed by atoms with Crippen molar-refractivity contribution in [3.8, 4) is 0 Å². The average molecular weight is 301 g/mol. The van der Waals surface area contributed by atoms with Crippen LogP contribution in [0.1, 0.15) is 17.8 Å². The van der Waals surface area contributed by atoms with Crippen LogP contribution in [0.2, 0.25) is 0 Å². The topological polar surface area (TPSA) is 72.7 Å². The number of rotatable bonds is 4. The maximum Gasteiger partial charge on any atom is 0.246 e. The third kappa shape index (κ3) is 2.78. The summed E-state index contributed by atoms with van der Waals surface area (Å²) in [5.41, 5.74) is 1.85. The molecule has 0 saturated heterocycles. The van der Waals surface area contributed by atoms with E-state index in [9.17, 15) is 4.79 Å². The van der Waals surface area contributed by atoms with Crippen LogP contribution in [0, 0.1) is 6.92 Å². The molecule has 0 aliphatic rings. The number of carbonyl (C=O) groups excluding carboxylic acids is 1. The Morgan fingerprint density at radius 3 is 2.90 bits per heavy atom. The first-order chi connectivity index (χ1) is 10.2. The molecule has 0 fully saturated rings. The van der Waals surface area contributed by atoms with Crippen LogP contribution in [-0.4, -0.2) is 25.7 Å². The monoisotopic (exact) mass is 301 g/mol. The largest absolute Gasteiger partial charge is 0.319 e. The van der Waals surface area contributed by atoms with Crippen LogP contribution in [0.5, 0.6) is 0 Å². The molecule has 1 N–H and O–H groups in total. The van der Waals surface area contributed by atoms with E-state index in [1.165, 1.54) is 11.3 Å². The summed E-state index contributed by atoms with van der Waals surface area (Å²) in [4.78, 5) is 16.6. The van der Waals surface area contributed by atoms with Gasteiger partial charge in [-0.25, -0.2) is 4.98 Å². The number of amides is 1. The lowest BCUT2D eigenvalue weighted by molar-refractivity contribution is -0.116. The smallest absolute Gasteiger partial charge is 0.246 e. The van der Waals surface area contributed by atoms with Gasteiger partial charge in [-0.15, -0.1) is 10.2 Å². The molecule has 0 radical (unpaired) electrons. The molecule has 3 aromatic rings. The number of carbonyl (C=O) groups is 1. The number of hydrogen-bond donors (Lipinski definition) is 1. The molecule has 0 unspecified atom stereocenters. The maximum atomic E-state index is 12.2. The van der Waals surface area contributed by atoms with E-state index in [1.807, 2.05) is 42.7 Å². The zero-order valence-corrected chi connectivity index (χ0v) is 12.6. The van der Waals surface area contributed by atoms with E-state index in [0.29, 0.717) is 5.13 Å². The van der Waals surface area contributed by atoms with E-state index in [0.717, 1.165) is 28.3 Å². The first-order valence-corrected chi connectivity index (χ1v) is 7.53. The molecule has 0 atom stereocenters. The van der Waals surface area contributed by atoms with Gasteiger partial charge in [0.15, 0.2) is 0 Å². The lowest BCUT2D eigenvalue weighted by Crippen LogP contribution is -2.19. The Labute approximate surface area is 125 Å². The van der Waals surface area contributed by atoms with Crippen molar-refractivity contribution in [2.45, 2.75) is 26.8 Å². The van der Waals surface area contributed by atoms with E-state index in [4.69, 9.17) is 0 Å². The van der Waals surface area contributed by atoms with Gasteiger partial charge in [-0.1, -0.05) is 30.4 Å². The first-order valence-electron chi connectivity index (χ1n) is 6.71. The number of anilines is 1. The standard InChI is InChI=1S/C14H15N5OS/c1-3-13-17-18-14(21-13)16-12(20)8-19-9(2)15-10-6-4-5-7-11(10)19/h4-7H,3,8H2,1-2H3,(H,16,18,20). The molecule has 108 valence electrons. The molecular weight excluding hydrogens is 286 g/mol. The number of imidazole rings is 1. The van der Waals surface area contributed by atoms with Gasteiger partial charge in [0, 0.05) is 0 Å². The van der Waals surface area contributed by atoms with Crippen molar-refractivity contribution in [3.05, 3.63) is 35.1 Å². The fourth-order valence-corrected chi connectivity index (χ4v) is 2.84. The second-order valence-corrected chi connectivity index (χ2v) is 5.70. The molecule has 0 bridgehead atoms. The highest BCUT2D eigenvalue weighted by molar-refractivity contribution is 7.15. The van der Waals surface area contributed by atoms with Crippen molar-refractivity contribution in [3.63, 3.8) is 0 Å². The molecule has 0 aliphatic carbocycles. The van der Waals surface area contributed by atoms with Crippen molar-refractivity contribution in [1.82, 2.24) is 19.7 Å². The number of fused-ring (bicyclic) bond motifs is 1. The molecule has 0 spiro atoms. The molecule has 2 heterocycles.